The van der Waals surface area contributed by atoms with Crippen LogP contribution in [0.1, 0.15) is 54.1 Å². The molecule has 1 aromatic heterocycles. The Morgan fingerprint density at radius 1 is 1.12 bits per heavy atom. The number of benzene rings is 1. The van der Waals surface area contributed by atoms with Crippen molar-refractivity contribution in [2.24, 2.45) is 5.41 Å². The number of carbonyl (C=O) groups excluding carboxylic acids is 1. The summed E-state index contributed by atoms with van der Waals surface area (Å²) in [5, 5.41) is 17.7. The summed E-state index contributed by atoms with van der Waals surface area (Å²) in [5.74, 6) is -0.950. The highest BCUT2D eigenvalue weighted by molar-refractivity contribution is 6.01. The summed E-state index contributed by atoms with van der Waals surface area (Å²) < 4.78 is 0. The minimum atomic E-state index is -1.02. The summed E-state index contributed by atoms with van der Waals surface area (Å²) in [6.45, 7) is 4.09. The first-order chi connectivity index (χ1) is 12.3. The van der Waals surface area contributed by atoms with Crippen LogP contribution in [0.5, 0.6) is 0 Å². The summed E-state index contributed by atoms with van der Waals surface area (Å²) in [6.07, 6.45) is 1.11. The van der Waals surface area contributed by atoms with Crippen LogP contribution in [0.2, 0.25) is 0 Å². The molecule has 7 nitrogen and oxygen atoms in total. The van der Waals surface area contributed by atoms with Gasteiger partial charge in [-0.25, -0.2) is 4.79 Å². The second-order valence-corrected chi connectivity index (χ2v) is 7.69. The van der Waals surface area contributed by atoms with Gasteiger partial charge in [-0.1, -0.05) is 26.0 Å². The molecule has 4 rings (SSSR count). The van der Waals surface area contributed by atoms with Gasteiger partial charge in [-0.3, -0.25) is 19.8 Å². The Balaban J connectivity index is 1.90. The summed E-state index contributed by atoms with van der Waals surface area (Å²) >= 11 is 0. The molecular formula is C19H19N3O4. The van der Waals surface area contributed by atoms with Crippen molar-refractivity contribution in [3.63, 3.8) is 0 Å². The van der Waals surface area contributed by atoms with E-state index in [0.717, 1.165) is 11.3 Å². The Hall–Kier alpha value is -3.09. The number of Topliss-reactive ketones (excluding diaryl/α,β-unsaturated/α-hetero) is 1. The van der Waals surface area contributed by atoms with Crippen LogP contribution in [-0.2, 0) is 4.79 Å². The zero-order valence-corrected chi connectivity index (χ0v) is 14.5. The number of hydrogen-bond donors (Lipinski definition) is 4. The summed E-state index contributed by atoms with van der Waals surface area (Å²) in [4.78, 5) is 36.4. The monoisotopic (exact) mass is 353 g/mol. The minimum Gasteiger partial charge on any atom is -0.478 e. The molecule has 26 heavy (non-hydrogen) atoms. The largest absolute Gasteiger partial charge is 0.478 e. The van der Waals surface area contributed by atoms with Crippen LogP contribution >= 0.6 is 0 Å². The van der Waals surface area contributed by atoms with Crippen LogP contribution in [0.4, 0.5) is 5.82 Å². The van der Waals surface area contributed by atoms with E-state index >= 15 is 0 Å². The molecule has 1 aromatic carbocycles. The fourth-order valence-electron chi connectivity index (χ4n) is 3.97. The quantitative estimate of drug-likeness (QED) is 0.662. The minimum absolute atomic E-state index is 0.0160. The van der Waals surface area contributed by atoms with Gasteiger partial charge in [0.05, 0.1) is 11.1 Å². The number of anilines is 1. The number of aromatic nitrogens is 2. The van der Waals surface area contributed by atoms with Crippen LogP contribution in [0.15, 0.2) is 40.3 Å². The van der Waals surface area contributed by atoms with E-state index < -0.39 is 11.9 Å². The van der Waals surface area contributed by atoms with Crippen molar-refractivity contribution in [2.75, 3.05) is 5.32 Å². The highest BCUT2D eigenvalue weighted by Gasteiger charge is 2.42. The molecule has 7 heteroatoms. The number of carboxylic acids is 1. The number of carbonyl (C=O) groups is 2. The molecule has 1 aliphatic carbocycles. The maximum atomic E-state index is 12.9. The van der Waals surface area contributed by atoms with Gasteiger partial charge in [-0.2, -0.15) is 0 Å². The molecule has 2 aliphatic rings. The predicted molar refractivity (Wildman–Crippen MR) is 95.3 cm³/mol. The Kier molecular flexibility index (Phi) is 3.44. The van der Waals surface area contributed by atoms with E-state index in [1.165, 1.54) is 12.1 Å². The molecule has 1 atom stereocenters. The van der Waals surface area contributed by atoms with Gasteiger partial charge in [0.15, 0.2) is 5.78 Å². The first kappa shape index (κ1) is 16.4. The number of rotatable bonds is 2. The number of carboxylic acid groups (broad SMARTS) is 1. The van der Waals surface area contributed by atoms with E-state index in [4.69, 9.17) is 5.11 Å². The van der Waals surface area contributed by atoms with E-state index in [1.807, 2.05) is 13.8 Å². The second-order valence-electron chi connectivity index (χ2n) is 7.69. The second kappa shape index (κ2) is 5.45. The fourth-order valence-corrected chi connectivity index (χ4v) is 3.97. The lowest BCUT2D eigenvalue weighted by Crippen LogP contribution is -2.35. The van der Waals surface area contributed by atoms with Crippen LogP contribution in [0.25, 0.3) is 0 Å². The lowest BCUT2D eigenvalue weighted by Gasteiger charge is -2.37. The van der Waals surface area contributed by atoms with Crippen molar-refractivity contribution in [1.29, 1.82) is 0 Å². The van der Waals surface area contributed by atoms with Crippen LogP contribution in [-0.4, -0.2) is 27.1 Å². The van der Waals surface area contributed by atoms with Gasteiger partial charge in [0.1, 0.15) is 5.82 Å². The van der Waals surface area contributed by atoms with Gasteiger partial charge < -0.3 is 10.4 Å². The SMILES string of the molecule is CC1(C)CC(=O)C2=C(C1)Nc1[nH][nH]c(=O)c1[C@@H]2c1ccc(C(=O)O)cc1. The molecule has 2 aromatic rings. The molecule has 4 N–H and O–H groups in total. The van der Waals surface area contributed by atoms with Gasteiger partial charge in [-0.15, -0.1) is 0 Å². The summed E-state index contributed by atoms with van der Waals surface area (Å²) in [5.41, 5.74) is 2.32. The topological polar surface area (TPSA) is 115 Å². The molecular weight excluding hydrogens is 334 g/mol. The number of nitrogens with one attached hydrogen (secondary N) is 3. The van der Waals surface area contributed by atoms with Crippen molar-refractivity contribution < 1.29 is 14.7 Å². The zero-order valence-electron chi connectivity index (χ0n) is 14.5. The first-order valence-electron chi connectivity index (χ1n) is 8.44. The molecule has 0 saturated heterocycles. The molecule has 0 spiro atoms. The van der Waals surface area contributed by atoms with E-state index in [1.54, 1.807) is 12.1 Å². The number of hydrogen-bond acceptors (Lipinski definition) is 4. The smallest absolute Gasteiger partial charge is 0.335 e. The molecule has 0 unspecified atom stereocenters. The number of fused-ring (bicyclic) bond motifs is 1. The fraction of sp³-hybridized carbons (Fsp3) is 0.316. The summed E-state index contributed by atoms with van der Waals surface area (Å²) in [7, 11) is 0. The Morgan fingerprint density at radius 2 is 1.81 bits per heavy atom. The highest BCUT2D eigenvalue weighted by atomic mass is 16.4. The number of aromatic carboxylic acids is 1. The normalized spacial score (nSPS) is 21.0. The van der Waals surface area contributed by atoms with Crippen molar-refractivity contribution in [1.82, 2.24) is 10.2 Å². The van der Waals surface area contributed by atoms with E-state index in [9.17, 15) is 14.4 Å². The molecule has 0 amide bonds. The number of allylic oxidation sites excluding steroid dienone is 2. The van der Waals surface area contributed by atoms with Gasteiger partial charge >= 0.3 is 5.97 Å². The Labute approximate surface area is 149 Å². The van der Waals surface area contributed by atoms with Gasteiger partial charge in [-0.05, 0) is 29.5 Å². The molecule has 134 valence electrons. The van der Waals surface area contributed by atoms with Gasteiger partial charge in [0.2, 0.25) is 0 Å². The lowest BCUT2D eigenvalue weighted by molar-refractivity contribution is -0.118. The van der Waals surface area contributed by atoms with Gasteiger partial charge in [0, 0.05) is 23.6 Å². The van der Waals surface area contributed by atoms with Crippen LogP contribution < -0.4 is 10.9 Å². The number of aromatic amines is 2. The molecule has 0 bridgehead atoms. The van der Waals surface area contributed by atoms with Gasteiger partial charge in [0.25, 0.3) is 5.56 Å². The highest BCUT2D eigenvalue weighted by Crippen LogP contribution is 2.47. The predicted octanol–water partition coefficient (Wildman–Crippen LogP) is 2.60. The summed E-state index contributed by atoms with van der Waals surface area (Å²) in [6, 6.07) is 6.34. The van der Waals surface area contributed by atoms with Crippen molar-refractivity contribution >= 4 is 17.6 Å². The standard InChI is InChI=1S/C19H19N3O4/c1-19(2)7-11-14(12(23)8-19)13(15-16(20-11)21-22-17(15)24)9-3-5-10(6-4-9)18(25)26/h3-6,13H,7-8H2,1-2H3,(H,25,26)(H3,20,21,22,24)/t13-/m1/s1. The third-order valence-corrected chi connectivity index (χ3v) is 5.08. The van der Waals surface area contributed by atoms with E-state index in [-0.39, 0.29) is 22.3 Å². The third-order valence-electron chi connectivity index (χ3n) is 5.08. The van der Waals surface area contributed by atoms with E-state index in [2.05, 4.69) is 15.5 Å². The van der Waals surface area contributed by atoms with Crippen LogP contribution in [0, 0.1) is 5.41 Å². The molecule has 0 fully saturated rings. The Morgan fingerprint density at radius 3 is 2.46 bits per heavy atom. The molecule has 2 heterocycles. The van der Waals surface area contributed by atoms with Crippen molar-refractivity contribution in [3.05, 3.63) is 62.6 Å². The average molecular weight is 353 g/mol. The molecule has 1 aliphatic heterocycles. The molecule has 0 saturated carbocycles. The first-order valence-corrected chi connectivity index (χ1v) is 8.44. The lowest BCUT2D eigenvalue weighted by atomic mass is 9.69. The number of ketones is 1. The van der Waals surface area contributed by atoms with Crippen molar-refractivity contribution in [2.45, 2.75) is 32.6 Å². The van der Waals surface area contributed by atoms with E-state index in [0.29, 0.717) is 29.8 Å². The maximum Gasteiger partial charge on any atom is 0.335 e. The average Bonchev–Trinajstić information content (AvgIpc) is 2.93. The number of H-pyrrole nitrogens is 2. The maximum absolute atomic E-state index is 12.9. The molecule has 0 radical (unpaired) electrons. The zero-order chi connectivity index (χ0) is 18.6. The Bertz CT molecular complexity index is 1010. The van der Waals surface area contributed by atoms with Crippen molar-refractivity contribution in [3.8, 4) is 0 Å². The van der Waals surface area contributed by atoms with Crippen LogP contribution in [0.3, 0.4) is 0 Å². The third kappa shape index (κ3) is 2.47.